The van der Waals surface area contributed by atoms with Crippen LogP contribution in [0.1, 0.15) is 0 Å². The van der Waals surface area contributed by atoms with Crippen molar-refractivity contribution in [1.82, 2.24) is 10.4 Å². The summed E-state index contributed by atoms with van der Waals surface area (Å²) in [5, 5.41) is 9.25. The summed E-state index contributed by atoms with van der Waals surface area (Å²) in [4.78, 5) is 0. The van der Waals surface area contributed by atoms with Gasteiger partial charge in [0.25, 0.3) is 0 Å². The Hall–Kier alpha value is -1.22. The molecule has 3 nitrogen and oxygen atoms in total. The van der Waals surface area contributed by atoms with Gasteiger partial charge in [-0.05, 0) is 0 Å². The highest BCUT2D eigenvalue weighted by Crippen LogP contribution is 2.17. The van der Waals surface area contributed by atoms with E-state index in [0.29, 0.717) is 5.57 Å². The highest BCUT2D eigenvalue weighted by atomic mass is 19.4. The normalized spacial score (nSPS) is 18.3. The van der Waals surface area contributed by atoms with Crippen LogP contribution in [0, 0.1) is 11.3 Å². The van der Waals surface area contributed by atoms with Crippen LogP contribution in [0.15, 0.2) is 11.8 Å². The maximum Gasteiger partial charge on any atom is 0.403 e. The molecule has 0 spiro atoms. The Balaban J connectivity index is 2.39. The molecule has 66 valence electrons. The molecule has 0 radical (unpaired) electrons. The monoisotopic (exact) mass is 177 g/mol. The number of hydrogen-bond donors (Lipinski definition) is 1. The van der Waals surface area contributed by atoms with E-state index in [1.165, 1.54) is 6.20 Å². The van der Waals surface area contributed by atoms with E-state index in [1.54, 1.807) is 6.07 Å². The van der Waals surface area contributed by atoms with Crippen LogP contribution in [-0.4, -0.2) is 24.3 Å². The predicted molar refractivity (Wildman–Crippen MR) is 34.5 cm³/mol. The maximum absolute atomic E-state index is 11.8. The highest BCUT2D eigenvalue weighted by Gasteiger charge is 2.32. The summed E-state index contributed by atoms with van der Waals surface area (Å²) in [6.45, 7) is -1.04. The van der Waals surface area contributed by atoms with Crippen molar-refractivity contribution in [3.8, 4) is 6.07 Å². The Morgan fingerprint density at radius 3 is 2.75 bits per heavy atom. The maximum atomic E-state index is 11.8. The van der Waals surface area contributed by atoms with Crippen molar-refractivity contribution in [3.05, 3.63) is 11.8 Å². The highest BCUT2D eigenvalue weighted by molar-refractivity contribution is 5.24. The van der Waals surface area contributed by atoms with Gasteiger partial charge in [0.15, 0.2) is 0 Å². The molecule has 0 saturated heterocycles. The van der Waals surface area contributed by atoms with Crippen LogP contribution in [0.4, 0.5) is 13.2 Å². The molecule has 0 aromatic heterocycles. The first-order valence-electron chi connectivity index (χ1n) is 3.18. The van der Waals surface area contributed by atoms with Crippen molar-refractivity contribution >= 4 is 0 Å². The van der Waals surface area contributed by atoms with E-state index in [0.717, 1.165) is 5.01 Å². The first kappa shape index (κ1) is 8.87. The lowest BCUT2D eigenvalue weighted by molar-refractivity contribution is -0.148. The van der Waals surface area contributed by atoms with Crippen molar-refractivity contribution in [2.45, 2.75) is 6.18 Å². The van der Waals surface area contributed by atoms with E-state index in [-0.39, 0.29) is 6.54 Å². The molecule has 1 heterocycles. The fourth-order valence-electron chi connectivity index (χ4n) is 0.852. The van der Waals surface area contributed by atoms with Crippen LogP contribution >= 0.6 is 0 Å². The van der Waals surface area contributed by atoms with Gasteiger partial charge in [-0.25, -0.2) is 5.01 Å². The molecule has 0 bridgehead atoms. The van der Waals surface area contributed by atoms with Gasteiger partial charge in [0.2, 0.25) is 0 Å². The molecule has 0 saturated carbocycles. The summed E-state index contributed by atoms with van der Waals surface area (Å²) in [6, 6.07) is 1.77. The van der Waals surface area contributed by atoms with Crippen LogP contribution < -0.4 is 5.43 Å². The molecule has 1 rings (SSSR count). The Labute approximate surface area is 67.0 Å². The zero-order valence-electron chi connectivity index (χ0n) is 6.02. The van der Waals surface area contributed by atoms with Gasteiger partial charge in [-0.15, -0.1) is 0 Å². The summed E-state index contributed by atoms with van der Waals surface area (Å²) < 4.78 is 35.3. The van der Waals surface area contributed by atoms with Gasteiger partial charge in [0, 0.05) is 6.20 Å². The molecule has 12 heavy (non-hydrogen) atoms. The molecule has 0 fully saturated rings. The van der Waals surface area contributed by atoms with Crippen molar-refractivity contribution in [3.63, 3.8) is 0 Å². The predicted octanol–water partition coefficient (Wildman–Crippen LogP) is 0.776. The molecule has 1 N–H and O–H groups in total. The third kappa shape index (κ3) is 2.43. The second kappa shape index (κ2) is 3.03. The van der Waals surface area contributed by atoms with E-state index in [9.17, 15) is 13.2 Å². The van der Waals surface area contributed by atoms with E-state index in [4.69, 9.17) is 5.26 Å². The van der Waals surface area contributed by atoms with E-state index in [2.05, 4.69) is 5.43 Å². The van der Waals surface area contributed by atoms with Crippen molar-refractivity contribution in [1.29, 1.82) is 5.26 Å². The lowest BCUT2D eigenvalue weighted by atomic mass is 10.3. The van der Waals surface area contributed by atoms with Crippen LogP contribution in [-0.2, 0) is 0 Å². The number of halogens is 3. The van der Waals surface area contributed by atoms with Gasteiger partial charge >= 0.3 is 6.18 Å². The van der Waals surface area contributed by atoms with Gasteiger partial charge in [0.05, 0.1) is 18.2 Å². The number of nitrogens with zero attached hydrogens (tertiary/aromatic N) is 2. The third-order valence-corrected chi connectivity index (χ3v) is 1.30. The molecule has 0 amide bonds. The van der Waals surface area contributed by atoms with Crippen molar-refractivity contribution in [2.24, 2.45) is 0 Å². The average molecular weight is 177 g/mol. The molecule has 0 aromatic rings. The fraction of sp³-hybridized carbons (Fsp3) is 0.500. The quantitative estimate of drug-likeness (QED) is 0.643. The standard InChI is InChI=1S/C6H6F3N3/c7-6(8,9)4-12-3-5(1-10)2-11-12/h2,11H,3-4H2. The number of hydrogen-bond acceptors (Lipinski definition) is 3. The summed E-state index contributed by atoms with van der Waals surface area (Å²) in [5.41, 5.74) is 2.65. The van der Waals surface area contributed by atoms with Gasteiger partial charge < -0.3 is 5.43 Å². The van der Waals surface area contributed by atoms with Crippen LogP contribution in [0.25, 0.3) is 0 Å². The molecule has 0 atom stereocenters. The Morgan fingerprint density at radius 2 is 2.33 bits per heavy atom. The molecule has 0 aliphatic carbocycles. The van der Waals surface area contributed by atoms with Crippen molar-refractivity contribution < 1.29 is 13.2 Å². The molecular weight excluding hydrogens is 171 g/mol. The molecule has 1 aliphatic rings. The Bertz CT molecular complexity index is 237. The number of nitrogens with one attached hydrogen (secondary N) is 1. The summed E-state index contributed by atoms with van der Waals surface area (Å²) in [7, 11) is 0. The molecular formula is C6H6F3N3. The smallest absolute Gasteiger partial charge is 0.324 e. The van der Waals surface area contributed by atoms with E-state index >= 15 is 0 Å². The number of alkyl halides is 3. The second-order valence-electron chi connectivity index (χ2n) is 2.38. The minimum Gasteiger partial charge on any atom is -0.324 e. The van der Waals surface area contributed by atoms with Gasteiger partial charge in [0.1, 0.15) is 6.54 Å². The third-order valence-electron chi connectivity index (χ3n) is 1.30. The molecule has 0 unspecified atom stereocenters. The van der Waals surface area contributed by atoms with Gasteiger partial charge in [-0.2, -0.15) is 18.4 Å². The minimum atomic E-state index is -4.23. The topological polar surface area (TPSA) is 39.1 Å². The molecule has 1 aliphatic heterocycles. The van der Waals surface area contributed by atoms with Gasteiger partial charge in [-0.3, -0.25) is 0 Å². The first-order chi connectivity index (χ1) is 5.51. The van der Waals surface area contributed by atoms with Crippen LogP contribution in [0.2, 0.25) is 0 Å². The largest absolute Gasteiger partial charge is 0.403 e. The zero-order chi connectivity index (χ0) is 9.19. The SMILES string of the molecule is N#CC1=CNN(CC(F)(F)F)C1. The Kier molecular flexibility index (Phi) is 2.24. The number of nitriles is 1. The van der Waals surface area contributed by atoms with E-state index < -0.39 is 12.7 Å². The first-order valence-corrected chi connectivity index (χ1v) is 3.18. The van der Waals surface area contributed by atoms with E-state index in [1.807, 2.05) is 0 Å². The number of rotatable bonds is 1. The summed E-state index contributed by atoms with van der Waals surface area (Å²) >= 11 is 0. The average Bonchev–Trinajstić information content (AvgIpc) is 2.32. The lowest BCUT2D eigenvalue weighted by Gasteiger charge is -2.17. The van der Waals surface area contributed by atoms with Crippen molar-refractivity contribution in [2.75, 3.05) is 13.1 Å². The Morgan fingerprint density at radius 1 is 1.67 bits per heavy atom. The molecule has 0 aromatic carbocycles. The number of hydrazine groups is 1. The fourth-order valence-corrected chi connectivity index (χ4v) is 0.852. The van der Waals surface area contributed by atoms with Crippen LogP contribution in [0.3, 0.4) is 0 Å². The summed E-state index contributed by atoms with van der Waals surface area (Å²) in [6.07, 6.45) is -2.96. The second-order valence-corrected chi connectivity index (χ2v) is 2.38. The lowest BCUT2D eigenvalue weighted by Crippen LogP contribution is -2.38. The van der Waals surface area contributed by atoms with Gasteiger partial charge in [-0.1, -0.05) is 0 Å². The zero-order valence-corrected chi connectivity index (χ0v) is 6.02. The minimum absolute atomic E-state index is 0.00993. The van der Waals surface area contributed by atoms with Crippen LogP contribution in [0.5, 0.6) is 0 Å². The molecule has 6 heteroatoms. The summed E-state index contributed by atoms with van der Waals surface area (Å²) in [5.74, 6) is 0.